The molecule has 140 valence electrons. The molecule has 0 aliphatic carbocycles. The van der Waals surface area contributed by atoms with Crippen LogP contribution < -0.4 is 4.74 Å². The normalized spacial score (nSPS) is 12.9. The first kappa shape index (κ1) is 19.3. The van der Waals surface area contributed by atoms with Crippen LogP contribution in [0.15, 0.2) is 47.5 Å². The van der Waals surface area contributed by atoms with Crippen molar-refractivity contribution < 1.29 is 14.6 Å². The van der Waals surface area contributed by atoms with Gasteiger partial charge in [-0.2, -0.15) is 0 Å². The first-order valence-corrected chi connectivity index (χ1v) is 8.69. The second kappa shape index (κ2) is 7.62. The summed E-state index contributed by atoms with van der Waals surface area (Å²) in [6.07, 6.45) is 0.677. The van der Waals surface area contributed by atoms with Gasteiger partial charge in [-0.15, -0.1) is 12.4 Å². The van der Waals surface area contributed by atoms with Crippen LogP contribution in [0.2, 0.25) is 5.02 Å². The van der Waals surface area contributed by atoms with Gasteiger partial charge < -0.3 is 9.84 Å². The van der Waals surface area contributed by atoms with Crippen molar-refractivity contribution in [3.05, 3.63) is 64.3 Å². The fraction of sp³-hybridized carbons (Fsp3) is 0.200. The van der Waals surface area contributed by atoms with Crippen molar-refractivity contribution in [2.45, 2.75) is 12.8 Å². The highest BCUT2D eigenvalue weighted by molar-refractivity contribution is 6.30. The van der Waals surface area contributed by atoms with Crippen LogP contribution in [0.5, 0.6) is 5.75 Å². The number of methoxy groups -OCH3 is 1. The molecule has 1 aliphatic rings. The Balaban J connectivity index is 0.00000210. The zero-order valence-corrected chi connectivity index (χ0v) is 16.2. The Kier molecular flexibility index (Phi) is 5.44. The Morgan fingerprint density at radius 2 is 2.00 bits per heavy atom. The molecule has 2 heterocycles. The number of hydrogen-bond donors (Lipinski definition) is 1. The van der Waals surface area contributed by atoms with Crippen LogP contribution >= 0.6 is 24.0 Å². The summed E-state index contributed by atoms with van der Waals surface area (Å²) >= 11 is 6.01. The zero-order chi connectivity index (χ0) is 18.3. The number of ether oxygens (including phenoxy) is 1. The number of carboxylic acids is 1. The highest BCUT2D eigenvalue weighted by atomic mass is 35.5. The maximum atomic E-state index is 11.5. The Morgan fingerprint density at radius 1 is 1.26 bits per heavy atom. The van der Waals surface area contributed by atoms with E-state index in [-0.39, 0.29) is 18.8 Å². The number of halogens is 2. The Labute approximate surface area is 167 Å². The van der Waals surface area contributed by atoms with E-state index in [0.29, 0.717) is 23.7 Å². The Morgan fingerprint density at radius 3 is 2.67 bits per heavy atom. The summed E-state index contributed by atoms with van der Waals surface area (Å²) in [6.45, 7) is 0.623. The molecule has 0 radical (unpaired) electrons. The molecule has 0 unspecified atom stereocenters. The monoisotopic (exact) mass is 404 g/mol. The van der Waals surface area contributed by atoms with Crippen LogP contribution in [-0.2, 0) is 17.6 Å². The standard InChI is InChI=1S/C20H17ClN2O3.ClH/c1-26-14-6-7-17-15(10-14)16(11-19(24)25)18-8-9-22-20(23(17)18)12-2-4-13(21)5-3-12;/h2-7,10H,8-9,11H2,1H3,(H,24,25);1H. The summed E-state index contributed by atoms with van der Waals surface area (Å²) in [5.74, 6) is 0.672. The maximum absolute atomic E-state index is 11.5. The molecule has 0 spiro atoms. The van der Waals surface area contributed by atoms with E-state index in [9.17, 15) is 9.90 Å². The first-order chi connectivity index (χ1) is 12.6. The minimum Gasteiger partial charge on any atom is -0.497 e. The molecule has 7 heteroatoms. The molecule has 0 saturated heterocycles. The molecule has 1 N–H and O–H groups in total. The van der Waals surface area contributed by atoms with E-state index in [1.807, 2.05) is 42.5 Å². The van der Waals surface area contributed by atoms with Gasteiger partial charge in [-0.25, -0.2) is 0 Å². The highest BCUT2D eigenvalue weighted by Gasteiger charge is 2.25. The molecule has 0 atom stereocenters. The minimum atomic E-state index is -0.848. The molecule has 0 fully saturated rings. The van der Waals surface area contributed by atoms with Crippen LogP contribution in [0, 0.1) is 0 Å². The van der Waals surface area contributed by atoms with Crippen LogP contribution in [0.25, 0.3) is 10.9 Å². The predicted molar refractivity (Wildman–Crippen MR) is 109 cm³/mol. The second-order valence-corrected chi connectivity index (χ2v) is 6.61. The number of aliphatic imine (C=N–C) groups is 1. The summed E-state index contributed by atoms with van der Waals surface area (Å²) in [7, 11) is 1.61. The molecule has 5 nitrogen and oxygen atoms in total. The van der Waals surface area contributed by atoms with Crippen LogP contribution in [0.4, 0.5) is 0 Å². The second-order valence-electron chi connectivity index (χ2n) is 6.18. The fourth-order valence-electron chi connectivity index (χ4n) is 3.53. The maximum Gasteiger partial charge on any atom is 0.307 e. The Bertz CT molecular complexity index is 1040. The van der Waals surface area contributed by atoms with Gasteiger partial charge in [0, 0.05) is 34.6 Å². The average Bonchev–Trinajstić information content (AvgIpc) is 2.95. The summed E-state index contributed by atoms with van der Waals surface area (Å²) in [5.41, 5.74) is 3.71. The van der Waals surface area contributed by atoms with Gasteiger partial charge in [0.25, 0.3) is 0 Å². The van der Waals surface area contributed by atoms with E-state index in [2.05, 4.69) is 4.57 Å². The molecule has 2 aromatic carbocycles. The van der Waals surface area contributed by atoms with Crippen LogP contribution in [0.3, 0.4) is 0 Å². The number of aromatic nitrogens is 1. The quantitative estimate of drug-likeness (QED) is 0.708. The SMILES string of the molecule is COc1ccc2c(c1)c(CC(=O)O)c1n2C(c2ccc(Cl)cc2)=NCC1.Cl. The number of hydrogen-bond acceptors (Lipinski definition) is 3. The molecule has 27 heavy (non-hydrogen) atoms. The molecular weight excluding hydrogens is 387 g/mol. The minimum absolute atomic E-state index is 0. The van der Waals surface area contributed by atoms with Gasteiger partial charge >= 0.3 is 5.97 Å². The third-order valence-electron chi connectivity index (χ3n) is 4.64. The van der Waals surface area contributed by atoms with Crippen LogP contribution in [-0.4, -0.2) is 35.1 Å². The fourth-order valence-corrected chi connectivity index (χ4v) is 3.65. The smallest absolute Gasteiger partial charge is 0.307 e. The van der Waals surface area contributed by atoms with Crippen molar-refractivity contribution >= 4 is 46.7 Å². The lowest BCUT2D eigenvalue weighted by molar-refractivity contribution is -0.136. The van der Waals surface area contributed by atoms with Crippen LogP contribution in [0.1, 0.15) is 16.8 Å². The van der Waals surface area contributed by atoms with Crippen molar-refractivity contribution in [2.75, 3.05) is 13.7 Å². The average molecular weight is 405 g/mol. The van der Waals surface area contributed by atoms with E-state index < -0.39 is 5.97 Å². The summed E-state index contributed by atoms with van der Waals surface area (Å²) in [6, 6.07) is 13.3. The first-order valence-electron chi connectivity index (χ1n) is 8.31. The van der Waals surface area contributed by atoms with E-state index in [4.69, 9.17) is 21.3 Å². The number of carboxylic acid groups (broad SMARTS) is 1. The Hall–Kier alpha value is -2.50. The molecule has 0 bridgehead atoms. The number of aliphatic carboxylic acids is 1. The molecule has 0 saturated carbocycles. The molecule has 4 rings (SSSR count). The lowest BCUT2D eigenvalue weighted by atomic mass is 10.0. The van der Waals surface area contributed by atoms with Crippen molar-refractivity contribution in [3.63, 3.8) is 0 Å². The van der Waals surface area contributed by atoms with Gasteiger partial charge in [-0.1, -0.05) is 11.6 Å². The number of nitrogens with zero attached hydrogens (tertiary/aromatic N) is 2. The predicted octanol–water partition coefficient (Wildman–Crippen LogP) is 4.20. The molecule has 0 amide bonds. The molecular formula is C20H18Cl2N2O3. The van der Waals surface area contributed by atoms with Gasteiger partial charge in [0.2, 0.25) is 0 Å². The van der Waals surface area contributed by atoms with E-state index >= 15 is 0 Å². The third kappa shape index (κ3) is 3.40. The van der Waals surface area contributed by atoms with Gasteiger partial charge in [-0.05, 0) is 48.0 Å². The number of carbonyl (C=O) groups is 1. The molecule has 1 aliphatic heterocycles. The topological polar surface area (TPSA) is 63.8 Å². The third-order valence-corrected chi connectivity index (χ3v) is 4.89. The summed E-state index contributed by atoms with van der Waals surface area (Å²) in [5, 5.41) is 11.0. The van der Waals surface area contributed by atoms with Crippen molar-refractivity contribution in [1.82, 2.24) is 4.57 Å². The molecule has 1 aromatic heterocycles. The number of fused-ring (bicyclic) bond motifs is 3. The van der Waals surface area contributed by atoms with Crippen molar-refractivity contribution in [1.29, 1.82) is 0 Å². The highest BCUT2D eigenvalue weighted by Crippen LogP contribution is 2.33. The van der Waals surface area contributed by atoms with E-state index in [0.717, 1.165) is 33.6 Å². The lowest BCUT2D eigenvalue weighted by Crippen LogP contribution is -2.22. The summed E-state index contributed by atoms with van der Waals surface area (Å²) in [4.78, 5) is 16.2. The number of rotatable bonds is 4. The molecule has 3 aromatic rings. The van der Waals surface area contributed by atoms with Gasteiger partial charge in [0.1, 0.15) is 11.6 Å². The zero-order valence-electron chi connectivity index (χ0n) is 14.6. The van der Waals surface area contributed by atoms with Crippen molar-refractivity contribution in [2.24, 2.45) is 4.99 Å². The number of benzene rings is 2. The van der Waals surface area contributed by atoms with Gasteiger partial charge in [-0.3, -0.25) is 14.4 Å². The van der Waals surface area contributed by atoms with Crippen molar-refractivity contribution in [3.8, 4) is 5.75 Å². The van der Waals surface area contributed by atoms with E-state index in [1.165, 1.54) is 0 Å². The summed E-state index contributed by atoms with van der Waals surface area (Å²) < 4.78 is 7.41. The van der Waals surface area contributed by atoms with Gasteiger partial charge in [0.05, 0.1) is 19.0 Å². The lowest BCUT2D eigenvalue weighted by Gasteiger charge is -2.19. The largest absolute Gasteiger partial charge is 0.497 e. The van der Waals surface area contributed by atoms with Gasteiger partial charge in [0.15, 0.2) is 0 Å². The van der Waals surface area contributed by atoms with E-state index in [1.54, 1.807) is 7.11 Å².